The second-order valence-corrected chi connectivity index (χ2v) is 1.93. The first kappa shape index (κ1) is 9.70. The molecular formula is C5H11N3O3. The van der Waals surface area contributed by atoms with Crippen LogP contribution in [0.3, 0.4) is 0 Å². The Hall–Kier alpha value is -1.30. The van der Waals surface area contributed by atoms with E-state index in [1.807, 2.05) is 0 Å². The molecule has 0 saturated heterocycles. The summed E-state index contributed by atoms with van der Waals surface area (Å²) < 4.78 is 0. The van der Waals surface area contributed by atoms with E-state index in [9.17, 15) is 9.59 Å². The summed E-state index contributed by atoms with van der Waals surface area (Å²) in [7, 11) is 0. The number of carbonyl (C=O) groups is 2. The third kappa shape index (κ3) is 5.16. The number of hydrogen-bond donors (Lipinski definition) is 4. The number of rotatable bonds is 3. The van der Waals surface area contributed by atoms with Gasteiger partial charge in [-0.25, -0.2) is 4.79 Å². The van der Waals surface area contributed by atoms with Crippen LogP contribution in [0, 0.1) is 0 Å². The van der Waals surface area contributed by atoms with Gasteiger partial charge in [0.15, 0.2) is 0 Å². The van der Waals surface area contributed by atoms with Crippen molar-refractivity contribution in [3.8, 4) is 0 Å². The lowest BCUT2D eigenvalue weighted by Crippen LogP contribution is -2.42. The number of amides is 3. The van der Waals surface area contributed by atoms with Gasteiger partial charge < -0.3 is 21.5 Å². The summed E-state index contributed by atoms with van der Waals surface area (Å²) in [5, 5.41) is 13.0. The molecule has 1 atom stereocenters. The lowest BCUT2D eigenvalue weighted by molar-refractivity contribution is -0.128. The van der Waals surface area contributed by atoms with Crippen LogP contribution in [0.25, 0.3) is 0 Å². The van der Waals surface area contributed by atoms with Crippen molar-refractivity contribution >= 4 is 11.9 Å². The Morgan fingerprint density at radius 3 is 2.45 bits per heavy atom. The van der Waals surface area contributed by atoms with Crippen LogP contribution in [0.2, 0.25) is 0 Å². The normalized spacial score (nSPS) is 11.8. The number of nitrogens with two attached hydrogens (primary N) is 1. The van der Waals surface area contributed by atoms with Crippen LogP contribution in [0.1, 0.15) is 6.92 Å². The van der Waals surface area contributed by atoms with E-state index in [1.165, 1.54) is 6.92 Å². The van der Waals surface area contributed by atoms with Gasteiger partial charge in [0.2, 0.25) is 5.91 Å². The quantitative estimate of drug-likeness (QED) is 0.364. The first-order valence-corrected chi connectivity index (χ1v) is 3.03. The minimum absolute atomic E-state index is 0.0704. The predicted octanol–water partition coefficient (Wildman–Crippen LogP) is -1.89. The van der Waals surface area contributed by atoms with Gasteiger partial charge in [-0.1, -0.05) is 0 Å². The Kier molecular flexibility index (Phi) is 3.97. The molecule has 0 aliphatic rings. The number of primary amides is 1. The molecule has 11 heavy (non-hydrogen) atoms. The Bertz CT molecular complexity index is 157. The Balaban J connectivity index is 3.39. The SMILES string of the molecule is CC(O)C(=O)NCNC(N)=O. The van der Waals surface area contributed by atoms with E-state index < -0.39 is 18.0 Å². The highest BCUT2D eigenvalue weighted by atomic mass is 16.3. The minimum atomic E-state index is -1.08. The first-order chi connectivity index (χ1) is 5.04. The summed E-state index contributed by atoms with van der Waals surface area (Å²) >= 11 is 0. The lowest BCUT2D eigenvalue weighted by Gasteiger charge is -2.06. The zero-order chi connectivity index (χ0) is 8.85. The van der Waals surface area contributed by atoms with Crippen molar-refractivity contribution < 1.29 is 14.7 Å². The molecule has 0 bridgehead atoms. The van der Waals surface area contributed by atoms with Crippen LogP contribution in [-0.4, -0.2) is 29.8 Å². The zero-order valence-electron chi connectivity index (χ0n) is 6.13. The largest absolute Gasteiger partial charge is 0.384 e. The molecule has 0 spiro atoms. The molecular weight excluding hydrogens is 150 g/mol. The van der Waals surface area contributed by atoms with Gasteiger partial charge in [-0.3, -0.25) is 4.79 Å². The van der Waals surface area contributed by atoms with Crippen LogP contribution < -0.4 is 16.4 Å². The van der Waals surface area contributed by atoms with E-state index in [2.05, 4.69) is 10.6 Å². The van der Waals surface area contributed by atoms with Crippen molar-refractivity contribution in [3.63, 3.8) is 0 Å². The molecule has 6 nitrogen and oxygen atoms in total. The van der Waals surface area contributed by atoms with E-state index in [4.69, 9.17) is 10.8 Å². The van der Waals surface area contributed by atoms with Crippen molar-refractivity contribution in [2.24, 2.45) is 5.73 Å². The summed E-state index contributed by atoms with van der Waals surface area (Å²) in [4.78, 5) is 20.6. The van der Waals surface area contributed by atoms with Gasteiger partial charge in [-0.15, -0.1) is 0 Å². The van der Waals surface area contributed by atoms with Crippen molar-refractivity contribution in [1.82, 2.24) is 10.6 Å². The molecule has 0 aromatic rings. The van der Waals surface area contributed by atoms with Gasteiger partial charge in [0, 0.05) is 0 Å². The second-order valence-electron chi connectivity index (χ2n) is 1.93. The Labute approximate surface area is 63.8 Å². The molecule has 0 aromatic heterocycles. The molecule has 0 saturated carbocycles. The van der Waals surface area contributed by atoms with Crippen molar-refractivity contribution in [3.05, 3.63) is 0 Å². The summed E-state index contributed by atoms with van der Waals surface area (Å²) in [6.45, 7) is 1.25. The smallest absolute Gasteiger partial charge is 0.313 e. The van der Waals surface area contributed by atoms with Gasteiger partial charge in [-0.05, 0) is 6.92 Å². The highest BCUT2D eigenvalue weighted by Gasteiger charge is 2.06. The maximum atomic E-state index is 10.6. The average molecular weight is 161 g/mol. The molecule has 6 heteroatoms. The zero-order valence-corrected chi connectivity index (χ0v) is 6.13. The number of aliphatic hydroxyl groups excluding tert-OH is 1. The third-order valence-corrected chi connectivity index (χ3v) is 0.905. The number of carbonyl (C=O) groups excluding carboxylic acids is 2. The first-order valence-electron chi connectivity index (χ1n) is 3.03. The molecule has 0 aliphatic heterocycles. The number of nitrogens with one attached hydrogen (secondary N) is 2. The van der Waals surface area contributed by atoms with Gasteiger partial charge in [0.1, 0.15) is 6.10 Å². The van der Waals surface area contributed by atoms with E-state index in [0.717, 1.165) is 0 Å². The van der Waals surface area contributed by atoms with Crippen molar-refractivity contribution in [1.29, 1.82) is 0 Å². The van der Waals surface area contributed by atoms with Crippen molar-refractivity contribution in [2.75, 3.05) is 6.67 Å². The molecule has 0 aromatic carbocycles. The molecule has 0 aliphatic carbocycles. The van der Waals surface area contributed by atoms with E-state index in [-0.39, 0.29) is 6.67 Å². The van der Waals surface area contributed by atoms with E-state index in [0.29, 0.717) is 0 Å². The number of aliphatic hydroxyl groups is 1. The lowest BCUT2D eigenvalue weighted by atomic mass is 10.4. The van der Waals surface area contributed by atoms with Gasteiger partial charge in [0.05, 0.1) is 6.67 Å². The fourth-order valence-electron chi connectivity index (χ4n) is 0.366. The topological polar surface area (TPSA) is 104 Å². The molecule has 3 amide bonds. The van der Waals surface area contributed by atoms with Crippen LogP contribution in [0.4, 0.5) is 4.79 Å². The van der Waals surface area contributed by atoms with E-state index >= 15 is 0 Å². The Morgan fingerprint density at radius 1 is 1.55 bits per heavy atom. The maximum absolute atomic E-state index is 10.6. The summed E-state index contributed by atoms with van der Waals surface area (Å²) in [6, 6.07) is -0.726. The molecule has 0 rings (SSSR count). The molecule has 5 N–H and O–H groups in total. The van der Waals surface area contributed by atoms with Crippen LogP contribution in [-0.2, 0) is 4.79 Å². The summed E-state index contributed by atoms with van der Waals surface area (Å²) in [5.41, 5.74) is 4.69. The predicted molar refractivity (Wildman–Crippen MR) is 37.4 cm³/mol. The van der Waals surface area contributed by atoms with Gasteiger partial charge in [0.25, 0.3) is 0 Å². The monoisotopic (exact) mass is 161 g/mol. The second kappa shape index (κ2) is 4.51. The van der Waals surface area contributed by atoms with Gasteiger partial charge >= 0.3 is 6.03 Å². The fraction of sp³-hybridized carbons (Fsp3) is 0.600. The highest BCUT2D eigenvalue weighted by Crippen LogP contribution is 1.76. The van der Waals surface area contributed by atoms with Crippen LogP contribution >= 0.6 is 0 Å². The molecule has 1 unspecified atom stereocenters. The molecule has 0 fully saturated rings. The van der Waals surface area contributed by atoms with Crippen LogP contribution in [0.15, 0.2) is 0 Å². The minimum Gasteiger partial charge on any atom is -0.384 e. The molecule has 64 valence electrons. The highest BCUT2D eigenvalue weighted by molar-refractivity contribution is 5.80. The Morgan fingerprint density at radius 2 is 2.09 bits per heavy atom. The average Bonchev–Trinajstić information content (AvgIpc) is 1.86. The van der Waals surface area contributed by atoms with Crippen LogP contribution in [0.5, 0.6) is 0 Å². The van der Waals surface area contributed by atoms with Gasteiger partial charge in [-0.2, -0.15) is 0 Å². The standard InChI is InChI=1S/C5H11N3O3/c1-3(9)4(10)7-2-8-5(6)11/h3,9H,2H2,1H3,(H,7,10)(H3,6,8,11). The summed E-state index contributed by atoms with van der Waals surface area (Å²) in [5.74, 6) is -0.557. The number of urea groups is 1. The molecule has 0 radical (unpaired) electrons. The fourth-order valence-corrected chi connectivity index (χ4v) is 0.366. The number of hydrogen-bond acceptors (Lipinski definition) is 3. The van der Waals surface area contributed by atoms with Crippen molar-refractivity contribution in [2.45, 2.75) is 13.0 Å². The van der Waals surface area contributed by atoms with E-state index in [1.54, 1.807) is 0 Å². The summed E-state index contributed by atoms with van der Waals surface area (Å²) in [6.07, 6.45) is -1.08. The third-order valence-electron chi connectivity index (χ3n) is 0.905. The maximum Gasteiger partial charge on any atom is 0.313 e. The molecule has 0 heterocycles.